The van der Waals surface area contributed by atoms with Gasteiger partial charge in [0.25, 0.3) is 0 Å². The maximum Gasteiger partial charge on any atom is 0.221 e. The fourth-order valence-corrected chi connectivity index (χ4v) is 3.47. The van der Waals surface area contributed by atoms with Gasteiger partial charge in [-0.2, -0.15) is 0 Å². The van der Waals surface area contributed by atoms with Crippen molar-refractivity contribution in [1.82, 2.24) is 10.6 Å². The molecule has 1 saturated heterocycles. The Kier molecular flexibility index (Phi) is 7.42. The molecule has 20 heavy (non-hydrogen) atoms. The molecule has 2 N–H and O–H groups in total. The van der Waals surface area contributed by atoms with E-state index in [0.29, 0.717) is 19.8 Å². The van der Waals surface area contributed by atoms with Crippen LogP contribution >= 0.6 is 0 Å². The monoisotopic (exact) mass is 308 g/mol. The standard InChI is InChI=1S/C12H24N2O5S/c1-3-18-12(19-4-2)8-14-11(15)7-10-9-20(16,17)6-5-13-10/h10,12-13H,3-9H2,1-2H3,(H,14,15). The highest BCUT2D eigenvalue weighted by Crippen LogP contribution is 2.05. The van der Waals surface area contributed by atoms with Crippen molar-refractivity contribution in [2.45, 2.75) is 32.6 Å². The number of carbonyl (C=O) groups is 1. The first-order chi connectivity index (χ1) is 9.46. The van der Waals surface area contributed by atoms with Crippen molar-refractivity contribution in [1.29, 1.82) is 0 Å². The Hall–Kier alpha value is -0.700. The zero-order chi connectivity index (χ0) is 15.0. The second-order valence-electron chi connectivity index (χ2n) is 4.61. The fraction of sp³-hybridized carbons (Fsp3) is 0.917. The molecule has 0 aromatic rings. The number of hydrogen-bond donors (Lipinski definition) is 2. The molecule has 1 unspecified atom stereocenters. The fourth-order valence-electron chi connectivity index (χ4n) is 2.03. The van der Waals surface area contributed by atoms with Gasteiger partial charge >= 0.3 is 0 Å². The predicted molar refractivity (Wildman–Crippen MR) is 75.1 cm³/mol. The quantitative estimate of drug-likeness (QED) is 0.575. The number of nitrogens with one attached hydrogen (secondary N) is 2. The summed E-state index contributed by atoms with van der Waals surface area (Å²) in [6, 6.07) is -0.314. The normalized spacial score (nSPS) is 21.9. The van der Waals surface area contributed by atoms with Gasteiger partial charge in [-0.25, -0.2) is 8.42 Å². The third kappa shape index (κ3) is 6.65. The number of ether oxygens (including phenoxy) is 2. The van der Waals surface area contributed by atoms with Crippen molar-refractivity contribution in [3.05, 3.63) is 0 Å². The Balaban J connectivity index is 2.32. The molecule has 7 nitrogen and oxygen atoms in total. The zero-order valence-corrected chi connectivity index (χ0v) is 12.9. The molecule has 0 spiro atoms. The van der Waals surface area contributed by atoms with Crippen molar-refractivity contribution in [2.75, 3.05) is 37.8 Å². The first-order valence-electron chi connectivity index (χ1n) is 6.90. The SMILES string of the molecule is CCOC(CNC(=O)CC1CS(=O)(=O)CCN1)OCC. The van der Waals surface area contributed by atoms with E-state index in [4.69, 9.17) is 9.47 Å². The van der Waals surface area contributed by atoms with Crippen LogP contribution in [0.2, 0.25) is 0 Å². The second-order valence-corrected chi connectivity index (χ2v) is 6.84. The molecule has 118 valence electrons. The summed E-state index contributed by atoms with van der Waals surface area (Å²) < 4.78 is 33.5. The number of sulfone groups is 1. The second kappa shape index (κ2) is 8.56. The van der Waals surface area contributed by atoms with Crippen LogP contribution in [0.1, 0.15) is 20.3 Å². The summed E-state index contributed by atoms with van der Waals surface area (Å²) >= 11 is 0. The molecule has 1 aliphatic heterocycles. The molecule has 0 radical (unpaired) electrons. The van der Waals surface area contributed by atoms with Gasteiger partial charge in [-0.3, -0.25) is 4.79 Å². The minimum atomic E-state index is -3.02. The molecule has 1 heterocycles. The Morgan fingerprint density at radius 3 is 2.55 bits per heavy atom. The number of rotatable bonds is 8. The summed E-state index contributed by atoms with van der Waals surface area (Å²) in [4.78, 5) is 11.8. The van der Waals surface area contributed by atoms with Gasteiger partial charge in [-0.05, 0) is 13.8 Å². The van der Waals surface area contributed by atoms with Crippen LogP contribution in [0, 0.1) is 0 Å². The average molecular weight is 308 g/mol. The zero-order valence-electron chi connectivity index (χ0n) is 12.1. The van der Waals surface area contributed by atoms with E-state index in [2.05, 4.69) is 10.6 Å². The van der Waals surface area contributed by atoms with Crippen LogP contribution in [0.4, 0.5) is 0 Å². The lowest BCUT2D eigenvalue weighted by Crippen LogP contribution is -2.48. The smallest absolute Gasteiger partial charge is 0.221 e. The topological polar surface area (TPSA) is 93.7 Å². The van der Waals surface area contributed by atoms with Crippen LogP contribution in [0.5, 0.6) is 0 Å². The number of hydrogen-bond acceptors (Lipinski definition) is 6. The highest BCUT2D eigenvalue weighted by molar-refractivity contribution is 7.91. The van der Waals surface area contributed by atoms with Gasteiger partial charge < -0.3 is 20.1 Å². The van der Waals surface area contributed by atoms with Gasteiger partial charge in [0.1, 0.15) is 0 Å². The van der Waals surface area contributed by atoms with Crippen LogP contribution in [-0.2, 0) is 24.1 Å². The van der Waals surface area contributed by atoms with Crippen LogP contribution in [0.25, 0.3) is 0 Å². The summed E-state index contributed by atoms with van der Waals surface area (Å²) in [7, 11) is -3.02. The van der Waals surface area contributed by atoms with Crippen molar-refractivity contribution < 1.29 is 22.7 Å². The van der Waals surface area contributed by atoms with Crippen LogP contribution in [0.3, 0.4) is 0 Å². The highest BCUT2D eigenvalue weighted by atomic mass is 32.2. The predicted octanol–water partition coefficient (Wildman–Crippen LogP) is -0.722. The molecule has 1 atom stereocenters. The van der Waals surface area contributed by atoms with E-state index >= 15 is 0 Å². The molecule has 0 bridgehead atoms. The minimum absolute atomic E-state index is 0.0147. The maximum absolute atomic E-state index is 11.8. The van der Waals surface area contributed by atoms with Gasteiger partial charge in [-0.1, -0.05) is 0 Å². The molecular weight excluding hydrogens is 284 g/mol. The molecule has 1 amide bonds. The summed E-state index contributed by atoms with van der Waals surface area (Å²) in [5.41, 5.74) is 0. The molecule has 1 fully saturated rings. The van der Waals surface area contributed by atoms with E-state index < -0.39 is 16.1 Å². The Labute approximate surface area is 120 Å². The third-order valence-electron chi connectivity index (χ3n) is 2.90. The third-order valence-corrected chi connectivity index (χ3v) is 4.64. The lowest BCUT2D eigenvalue weighted by Gasteiger charge is -2.23. The van der Waals surface area contributed by atoms with E-state index in [1.165, 1.54) is 0 Å². The molecule has 1 rings (SSSR count). The van der Waals surface area contributed by atoms with Crippen molar-refractivity contribution in [2.24, 2.45) is 0 Å². The summed E-state index contributed by atoms with van der Waals surface area (Å²) in [5, 5.41) is 5.74. The molecule has 8 heteroatoms. The van der Waals surface area contributed by atoms with Crippen LogP contribution in [-0.4, -0.2) is 64.5 Å². The van der Waals surface area contributed by atoms with Crippen molar-refractivity contribution in [3.63, 3.8) is 0 Å². The molecule has 0 saturated carbocycles. The van der Waals surface area contributed by atoms with Crippen LogP contribution in [0.15, 0.2) is 0 Å². The first kappa shape index (κ1) is 17.4. The molecule has 0 aromatic carbocycles. The Morgan fingerprint density at radius 1 is 1.35 bits per heavy atom. The number of amides is 1. The molecule has 0 aromatic heterocycles. The number of carbonyl (C=O) groups excluding carboxylic acids is 1. The van der Waals surface area contributed by atoms with Crippen molar-refractivity contribution >= 4 is 15.7 Å². The molecule has 1 aliphatic rings. The van der Waals surface area contributed by atoms with E-state index in [1.807, 2.05) is 13.8 Å². The molecular formula is C12H24N2O5S. The maximum atomic E-state index is 11.8. The summed E-state index contributed by atoms with van der Waals surface area (Å²) in [6.07, 6.45) is -0.318. The first-order valence-corrected chi connectivity index (χ1v) is 8.72. The van der Waals surface area contributed by atoms with Gasteiger partial charge in [-0.15, -0.1) is 0 Å². The van der Waals surface area contributed by atoms with Gasteiger partial charge in [0.05, 0.1) is 18.1 Å². The lowest BCUT2D eigenvalue weighted by molar-refractivity contribution is -0.140. The Morgan fingerprint density at radius 2 is 2.00 bits per heavy atom. The van der Waals surface area contributed by atoms with Crippen LogP contribution < -0.4 is 10.6 Å². The summed E-state index contributed by atoms with van der Waals surface area (Å²) in [6.45, 7) is 5.38. The molecule has 0 aliphatic carbocycles. The van der Waals surface area contributed by atoms with E-state index in [0.717, 1.165) is 0 Å². The van der Waals surface area contributed by atoms with Gasteiger partial charge in [0.15, 0.2) is 16.1 Å². The van der Waals surface area contributed by atoms with E-state index in [9.17, 15) is 13.2 Å². The average Bonchev–Trinajstić information content (AvgIpc) is 2.35. The van der Waals surface area contributed by atoms with E-state index in [1.54, 1.807) is 0 Å². The highest BCUT2D eigenvalue weighted by Gasteiger charge is 2.26. The summed E-state index contributed by atoms with van der Waals surface area (Å²) in [5.74, 6) is -0.0492. The largest absolute Gasteiger partial charge is 0.351 e. The van der Waals surface area contributed by atoms with Gasteiger partial charge in [0.2, 0.25) is 5.91 Å². The van der Waals surface area contributed by atoms with Crippen molar-refractivity contribution in [3.8, 4) is 0 Å². The lowest BCUT2D eigenvalue weighted by atomic mass is 10.2. The van der Waals surface area contributed by atoms with Gasteiger partial charge in [0, 0.05) is 32.2 Å². The minimum Gasteiger partial charge on any atom is -0.351 e. The van der Waals surface area contributed by atoms with E-state index in [-0.39, 0.29) is 36.4 Å². The Bertz CT molecular complexity index is 393.